The first-order valence-electron chi connectivity index (χ1n) is 10.8. The number of amides is 1. The van der Waals surface area contributed by atoms with Gasteiger partial charge in [0, 0.05) is 36.7 Å². The summed E-state index contributed by atoms with van der Waals surface area (Å²) in [6.45, 7) is 10.0. The zero-order valence-electron chi connectivity index (χ0n) is 18.4. The average Bonchev–Trinajstić information content (AvgIpc) is 3.43. The molecule has 0 fully saturated rings. The number of hydrogen-bond acceptors (Lipinski definition) is 3. The molecule has 0 saturated carbocycles. The van der Waals surface area contributed by atoms with Gasteiger partial charge in [0.25, 0.3) is 5.91 Å². The molecule has 0 saturated heterocycles. The van der Waals surface area contributed by atoms with E-state index in [0.29, 0.717) is 11.5 Å². The molecule has 1 N–H and O–H groups in total. The topological polar surface area (TPSA) is 55.1 Å². The van der Waals surface area contributed by atoms with E-state index in [1.807, 2.05) is 72.4 Å². The third-order valence-corrected chi connectivity index (χ3v) is 5.77. The molecule has 4 aromatic rings. The second-order valence-corrected chi connectivity index (χ2v) is 7.65. The van der Waals surface area contributed by atoms with Gasteiger partial charge >= 0.3 is 0 Å². The summed E-state index contributed by atoms with van der Waals surface area (Å²) in [4.78, 5) is 20.2. The number of anilines is 1. The predicted octanol–water partition coefficient (Wildman–Crippen LogP) is 4.73. The molecule has 0 atom stereocenters. The highest BCUT2D eigenvalue weighted by Crippen LogP contribution is 2.22. The van der Waals surface area contributed by atoms with Gasteiger partial charge in [-0.25, -0.2) is 4.98 Å². The lowest BCUT2D eigenvalue weighted by atomic mass is 10.1. The minimum atomic E-state index is -0.159. The lowest BCUT2D eigenvalue weighted by Gasteiger charge is -2.19. The SMILES string of the molecule is CCN(CC)CCn1c(NC(=O)c2ccc(C)c(-n3cccc3)c2)nc2ccccc21. The van der Waals surface area contributed by atoms with Crippen LogP contribution >= 0.6 is 0 Å². The van der Waals surface area contributed by atoms with E-state index in [0.717, 1.165) is 48.5 Å². The monoisotopic (exact) mass is 415 g/mol. The van der Waals surface area contributed by atoms with Gasteiger partial charge < -0.3 is 14.0 Å². The van der Waals surface area contributed by atoms with Gasteiger partial charge in [0.2, 0.25) is 5.95 Å². The van der Waals surface area contributed by atoms with E-state index in [9.17, 15) is 4.79 Å². The lowest BCUT2D eigenvalue weighted by molar-refractivity contribution is 0.102. The number of benzene rings is 2. The highest BCUT2D eigenvalue weighted by molar-refractivity contribution is 6.04. The van der Waals surface area contributed by atoms with Crippen LogP contribution in [0.2, 0.25) is 0 Å². The summed E-state index contributed by atoms with van der Waals surface area (Å²) in [5.41, 5.74) is 4.62. The predicted molar refractivity (Wildman–Crippen MR) is 126 cm³/mol. The normalized spacial score (nSPS) is 11.4. The van der Waals surface area contributed by atoms with Crippen molar-refractivity contribution in [1.29, 1.82) is 0 Å². The van der Waals surface area contributed by atoms with Crippen LogP contribution in [0.4, 0.5) is 5.95 Å². The molecule has 0 aliphatic carbocycles. The quantitative estimate of drug-likeness (QED) is 0.453. The molecule has 2 aromatic carbocycles. The van der Waals surface area contributed by atoms with Crippen LogP contribution in [0.5, 0.6) is 0 Å². The van der Waals surface area contributed by atoms with Gasteiger partial charge in [-0.2, -0.15) is 0 Å². The molecular formula is C25H29N5O. The molecule has 4 rings (SSSR count). The molecule has 2 aromatic heterocycles. The number of imidazole rings is 1. The minimum Gasteiger partial charge on any atom is -0.324 e. The Hall–Kier alpha value is -3.38. The molecule has 6 nitrogen and oxygen atoms in total. The number of aryl methyl sites for hydroxylation is 1. The van der Waals surface area contributed by atoms with E-state index in [1.165, 1.54) is 0 Å². The van der Waals surface area contributed by atoms with Crippen molar-refractivity contribution in [3.8, 4) is 5.69 Å². The van der Waals surface area contributed by atoms with Crippen LogP contribution in [0.1, 0.15) is 29.8 Å². The summed E-state index contributed by atoms with van der Waals surface area (Å²) >= 11 is 0. The molecule has 160 valence electrons. The maximum Gasteiger partial charge on any atom is 0.258 e. The van der Waals surface area contributed by atoms with E-state index in [1.54, 1.807) is 0 Å². The third kappa shape index (κ3) is 4.39. The Labute approximate surface area is 183 Å². The standard InChI is InChI=1S/C25H29N5O/c1-4-28(5-2)16-17-30-22-11-7-6-10-21(22)26-25(30)27-24(31)20-13-12-19(3)23(18-20)29-14-8-9-15-29/h6-15,18H,4-5,16-17H2,1-3H3,(H,26,27,31). The summed E-state index contributed by atoms with van der Waals surface area (Å²) in [5, 5.41) is 3.05. The first-order valence-corrected chi connectivity index (χ1v) is 10.8. The largest absolute Gasteiger partial charge is 0.324 e. The Morgan fingerprint density at radius 3 is 2.52 bits per heavy atom. The maximum atomic E-state index is 13.1. The van der Waals surface area contributed by atoms with Gasteiger partial charge in [0.15, 0.2) is 0 Å². The molecule has 0 aliphatic heterocycles. The number of para-hydroxylation sites is 2. The molecule has 2 heterocycles. The van der Waals surface area contributed by atoms with Crippen LogP contribution in [0.15, 0.2) is 67.0 Å². The minimum absolute atomic E-state index is 0.159. The van der Waals surface area contributed by atoms with Crippen molar-refractivity contribution in [2.45, 2.75) is 27.3 Å². The third-order valence-electron chi connectivity index (χ3n) is 5.77. The summed E-state index contributed by atoms with van der Waals surface area (Å²) in [7, 11) is 0. The van der Waals surface area contributed by atoms with Gasteiger partial charge in [-0.3, -0.25) is 10.1 Å². The van der Waals surface area contributed by atoms with Crippen molar-refractivity contribution in [1.82, 2.24) is 19.0 Å². The average molecular weight is 416 g/mol. The Morgan fingerprint density at radius 1 is 1.03 bits per heavy atom. The number of carbonyl (C=O) groups is 1. The zero-order chi connectivity index (χ0) is 21.8. The van der Waals surface area contributed by atoms with Gasteiger partial charge in [-0.15, -0.1) is 0 Å². The fourth-order valence-electron chi connectivity index (χ4n) is 3.88. The fourth-order valence-corrected chi connectivity index (χ4v) is 3.88. The van der Waals surface area contributed by atoms with Crippen molar-refractivity contribution in [3.63, 3.8) is 0 Å². The first kappa shape index (κ1) is 20.9. The Morgan fingerprint density at radius 2 is 1.77 bits per heavy atom. The van der Waals surface area contributed by atoms with Crippen LogP contribution in [-0.4, -0.2) is 44.6 Å². The summed E-state index contributed by atoms with van der Waals surface area (Å²) in [5.74, 6) is 0.425. The van der Waals surface area contributed by atoms with E-state index < -0.39 is 0 Å². The molecule has 0 unspecified atom stereocenters. The lowest BCUT2D eigenvalue weighted by Crippen LogP contribution is -2.27. The number of likely N-dealkylation sites (N-methyl/N-ethyl adjacent to an activating group) is 1. The van der Waals surface area contributed by atoms with Crippen LogP contribution < -0.4 is 5.32 Å². The number of nitrogens with zero attached hydrogens (tertiary/aromatic N) is 4. The molecule has 0 bridgehead atoms. The molecule has 0 radical (unpaired) electrons. The summed E-state index contributed by atoms with van der Waals surface area (Å²) in [6, 6.07) is 17.7. The fraction of sp³-hybridized carbons (Fsp3) is 0.280. The second kappa shape index (κ2) is 9.18. The first-order chi connectivity index (χ1) is 15.1. The molecule has 0 spiro atoms. The highest BCUT2D eigenvalue weighted by atomic mass is 16.1. The van der Waals surface area contributed by atoms with Crippen LogP contribution in [0.25, 0.3) is 16.7 Å². The van der Waals surface area contributed by atoms with Crippen LogP contribution in [0, 0.1) is 6.92 Å². The van der Waals surface area contributed by atoms with E-state index >= 15 is 0 Å². The zero-order valence-corrected chi connectivity index (χ0v) is 18.4. The van der Waals surface area contributed by atoms with Crippen molar-refractivity contribution in [2.75, 3.05) is 25.0 Å². The van der Waals surface area contributed by atoms with Crippen molar-refractivity contribution in [2.24, 2.45) is 0 Å². The maximum absolute atomic E-state index is 13.1. The highest BCUT2D eigenvalue weighted by Gasteiger charge is 2.16. The van der Waals surface area contributed by atoms with E-state index in [-0.39, 0.29) is 5.91 Å². The molecule has 6 heteroatoms. The number of aromatic nitrogens is 3. The second-order valence-electron chi connectivity index (χ2n) is 7.65. The van der Waals surface area contributed by atoms with Crippen molar-refractivity contribution in [3.05, 3.63) is 78.1 Å². The molecule has 0 aliphatic rings. The molecular weight excluding hydrogens is 386 g/mol. The number of fused-ring (bicyclic) bond motifs is 1. The van der Waals surface area contributed by atoms with Gasteiger partial charge in [0.05, 0.1) is 11.0 Å². The van der Waals surface area contributed by atoms with Crippen LogP contribution in [0.3, 0.4) is 0 Å². The molecule has 31 heavy (non-hydrogen) atoms. The van der Waals surface area contributed by atoms with Gasteiger partial charge in [-0.05, 0) is 62.0 Å². The van der Waals surface area contributed by atoms with E-state index in [4.69, 9.17) is 4.98 Å². The van der Waals surface area contributed by atoms with Crippen molar-refractivity contribution >= 4 is 22.9 Å². The Kier molecular flexibility index (Phi) is 6.18. The number of rotatable bonds is 8. The van der Waals surface area contributed by atoms with Gasteiger partial charge in [0.1, 0.15) is 0 Å². The van der Waals surface area contributed by atoms with E-state index in [2.05, 4.69) is 34.7 Å². The Balaban J connectivity index is 1.63. The Bertz CT molecular complexity index is 1170. The number of hydrogen-bond donors (Lipinski definition) is 1. The van der Waals surface area contributed by atoms with Crippen molar-refractivity contribution < 1.29 is 4.79 Å². The van der Waals surface area contributed by atoms with Gasteiger partial charge in [-0.1, -0.05) is 32.0 Å². The number of nitrogens with one attached hydrogen (secondary N) is 1. The molecule has 1 amide bonds. The summed E-state index contributed by atoms with van der Waals surface area (Å²) < 4.78 is 4.12. The smallest absolute Gasteiger partial charge is 0.258 e. The summed E-state index contributed by atoms with van der Waals surface area (Å²) in [6.07, 6.45) is 3.97. The van der Waals surface area contributed by atoms with Crippen LogP contribution in [-0.2, 0) is 6.54 Å². The number of carbonyl (C=O) groups excluding carboxylic acids is 1.